The fourth-order valence-corrected chi connectivity index (χ4v) is 5.32. The fourth-order valence-electron chi connectivity index (χ4n) is 5.32. The Balaban J connectivity index is 2.25. The molecular weight excluding hydrogens is 302 g/mol. The second kappa shape index (κ2) is 15.1. The highest BCUT2D eigenvalue weighted by Crippen LogP contribution is 2.30. The molecule has 0 N–H and O–H groups in total. The van der Waals surface area contributed by atoms with Gasteiger partial charge in [0.25, 0.3) is 0 Å². The van der Waals surface area contributed by atoms with E-state index in [2.05, 4.69) is 20.8 Å². The molecule has 0 aliphatic heterocycles. The van der Waals surface area contributed by atoms with Crippen LogP contribution in [0.15, 0.2) is 0 Å². The van der Waals surface area contributed by atoms with Gasteiger partial charge in [0.05, 0.1) is 25.7 Å². The van der Waals surface area contributed by atoms with Crippen LogP contribution < -0.4 is 0 Å². The normalized spacial score (nSPS) is 16.4. The molecule has 1 nitrogen and oxygen atoms in total. The van der Waals surface area contributed by atoms with Crippen molar-refractivity contribution in [2.45, 2.75) is 136 Å². The highest BCUT2D eigenvalue weighted by molar-refractivity contribution is 4.68. The van der Waals surface area contributed by atoms with E-state index in [0.29, 0.717) is 0 Å². The molecule has 0 bridgehead atoms. The number of nitrogens with zero attached hydrogens (tertiary/aromatic N) is 1. The second-order valence-corrected chi connectivity index (χ2v) is 8.86. The van der Waals surface area contributed by atoms with Gasteiger partial charge in [-0.15, -0.1) is 0 Å². The van der Waals surface area contributed by atoms with Gasteiger partial charge in [-0.05, 0) is 51.4 Å². The summed E-state index contributed by atoms with van der Waals surface area (Å²) in [7, 11) is 0. The summed E-state index contributed by atoms with van der Waals surface area (Å²) >= 11 is 0. The van der Waals surface area contributed by atoms with Crippen LogP contribution >= 0.6 is 0 Å². The van der Waals surface area contributed by atoms with Crippen LogP contribution in [0.3, 0.4) is 0 Å². The lowest BCUT2D eigenvalue weighted by Crippen LogP contribution is -2.57. The van der Waals surface area contributed by atoms with E-state index >= 15 is 0 Å². The van der Waals surface area contributed by atoms with E-state index in [-0.39, 0.29) is 0 Å². The third kappa shape index (κ3) is 9.45. The molecule has 1 aliphatic carbocycles. The highest BCUT2D eigenvalue weighted by Gasteiger charge is 2.35. The molecule has 1 fully saturated rings. The summed E-state index contributed by atoms with van der Waals surface area (Å²) in [5, 5.41) is 0. The maximum Gasteiger partial charge on any atom is 0.0890 e. The van der Waals surface area contributed by atoms with Crippen molar-refractivity contribution in [3.63, 3.8) is 0 Å². The van der Waals surface area contributed by atoms with E-state index in [4.69, 9.17) is 0 Å². The zero-order valence-corrected chi connectivity index (χ0v) is 18.2. The molecule has 0 spiro atoms. The van der Waals surface area contributed by atoms with Gasteiger partial charge >= 0.3 is 0 Å². The topological polar surface area (TPSA) is 0 Å². The zero-order valence-electron chi connectivity index (χ0n) is 18.2. The van der Waals surface area contributed by atoms with Crippen LogP contribution in [-0.4, -0.2) is 30.2 Å². The predicted octanol–water partition coefficient (Wildman–Crippen LogP) is 7.88. The summed E-state index contributed by atoms with van der Waals surface area (Å²) in [6, 6.07) is 0.993. The molecule has 0 radical (unpaired) electrons. The monoisotopic (exact) mass is 352 g/mol. The van der Waals surface area contributed by atoms with Gasteiger partial charge in [-0.3, -0.25) is 0 Å². The molecule has 150 valence electrons. The van der Waals surface area contributed by atoms with Gasteiger partial charge < -0.3 is 4.48 Å². The lowest BCUT2D eigenvalue weighted by Gasteiger charge is -2.47. The second-order valence-electron chi connectivity index (χ2n) is 8.86. The van der Waals surface area contributed by atoms with E-state index in [1.54, 1.807) is 0 Å². The van der Waals surface area contributed by atoms with E-state index in [1.165, 1.54) is 133 Å². The van der Waals surface area contributed by atoms with E-state index < -0.39 is 0 Å². The molecule has 0 saturated heterocycles. The van der Waals surface area contributed by atoms with Crippen LogP contribution in [0.2, 0.25) is 0 Å². The minimum atomic E-state index is 0.993. The summed E-state index contributed by atoms with van der Waals surface area (Å²) in [6.07, 6.45) is 24.9. The van der Waals surface area contributed by atoms with E-state index in [1.807, 2.05) is 0 Å². The number of quaternary nitrogens is 1. The SMILES string of the molecule is CCCCCCCCCCCC[N+](CCC)(CCC)C1CCCCC1. The van der Waals surface area contributed by atoms with Crippen molar-refractivity contribution in [3.05, 3.63) is 0 Å². The molecule has 0 aromatic heterocycles. The molecule has 1 heteroatoms. The molecule has 1 rings (SSSR count). The summed E-state index contributed by atoms with van der Waals surface area (Å²) in [6.45, 7) is 11.5. The maximum atomic E-state index is 2.41. The summed E-state index contributed by atoms with van der Waals surface area (Å²) in [4.78, 5) is 0. The molecule has 0 heterocycles. The fraction of sp³-hybridized carbons (Fsp3) is 1.00. The van der Waals surface area contributed by atoms with E-state index in [0.717, 1.165) is 6.04 Å². The number of hydrogen-bond donors (Lipinski definition) is 0. The average molecular weight is 353 g/mol. The molecule has 1 aliphatic rings. The average Bonchev–Trinajstić information content (AvgIpc) is 2.64. The van der Waals surface area contributed by atoms with Crippen molar-refractivity contribution in [2.24, 2.45) is 0 Å². The Morgan fingerprint density at radius 2 is 1.00 bits per heavy atom. The third-order valence-corrected chi connectivity index (χ3v) is 6.64. The van der Waals surface area contributed by atoms with Crippen LogP contribution in [0.4, 0.5) is 0 Å². The van der Waals surface area contributed by atoms with E-state index in [9.17, 15) is 0 Å². The largest absolute Gasteiger partial charge is 0.321 e. The van der Waals surface area contributed by atoms with Crippen LogP contribution in [0.25, 0.3) is 0 Å². The molecule has 1 saturated carbocycles. The first-order chi connectivity index (χ1) is 12.3. The van der Waals surface area contributed by atoms with Gasteiger partial charge in [-0.25, -0.2) is 0 Å². The van der Waals surface area contributed by atoms with Crippen LogP contribution in [0, 0.1) is 0 Å². The van der Waals surface area contributed by atoms with Gasteiger partial charge in [0.2, 0.25) is 0 Å². The molecule has 0 atom stereocenters. The Kier molecular flexibility index (Phi) is 13.9. The van der Waals surface area contributed by atoms with Crippen molar-refractivity contribution in [1.82, 2.24) is 0 Å². The van der Waals surface area contributed by atoms with Crippen LogP contribution in [-0.2, 0) is 0 Å². The smallest absolute Gasteiger partial charge is 0.0890 e. The lowest BCUT2D eigenvalue weighted by atomic mass is 9.91. The quantitative estimate of drug-likeness (QED) is 0.196. The zero-order chi connectivity index (χ0) is 18.2. The summed E-state index contributed by atoms with van der Waals surface area (Å²) in [5.41, 5.74) is 0. The standard InChI is InChI=1S/C24H50N/c1-4-7-8-9-10-11-12-13-14-18-23-25(21-5-2,22-6-3)24-19-16-15-17-20-24/h24H,4-23H2,1-3H3/q+1. The van der Waals surface area contributed by atoms with Crippen molar-refractivity contribution in [3.8, 4) is 0 Å². The van der Waals surface area contributed by atoms with Crippen LogP contribution in [0.1, 0.15) is 130 Å². The van der Waals surface area contributed by atoms with Crippen molar-refractivity contribution < 1.29 is 4.48 Å². The first kappa shape index (κ1) is 23.0. The molecule has 0 amide bonds. The van der Waals surface area contributed by atoms with Gasteiger partial charge in [-0.2, -0.15) is 0 Å². The minimum Gasteiger partial charge on any atom is -0.321 e. The van der Waals surface area contributed by atoms with Gasteiger partial charge in [0, 0.05) is 0 Å². The number of hydrogen-bond acceptors (Lipinski definition) is 0. The Labute approximate surface area is 160 Å². The van der Waals surface area contributed by atoms with Crippen molar-refractivity contribution in [2.75, 3.05) is 19.6 Å². The van der Waals surface area contributed by atoms with Crippen molar-refractivity contribution in [1.29, 1.82) is 0 Å². The predicted molar refractivity (Wildman–Crippen MR) is 114 cm³/mol. The molecular formula is C24H50N+. The number of rotatable bonds is 16. The molecule has 0 unspecified atom stereocenters. The first-order valence-corrected chi connectivity index (χ1v) is 12.1. The Bertz CT molecular complexity index is 274. The Hall–Kier alpha value is -0.0400. The molecule has 0 aromatic carbocycles. The summed E-state index contributed by atoms with van der Waals surface area (Å²) in [5.74, 6) is 0. The lowest BCUT2D eigenvalue weighted by molar-refractivity contribution is -0.952. The Morgan fingerprint density at radius 1 is 0.520 bits per heavy atom. The molecule has 0 aromatic rings. The van der Waals surface area contributed by atoms with Gasteiger partial charge in [0.1, 0.15) is 0 Å². The third-order valence-electron chi connectivity index (χ3n) is 6.64. The molecule has 25 heavy (non-hydrogen) atoms. The first-order valence-electron chi connectivity index (χ1n) is 12.1. The van der Waals surface area contributed by atoms with Crippen molar-refractivity contribution >= 4 is 0 Å². The van der Waals surface area contributed by atoms with Crippen LogP contribution in [0.5, 0.6) is 0 Å². The number of unbranched alkanes of at least 4 members (excludes halogenated alkanes) is 9. The van der Waals surface area contributed by atoms with Gasteiger partial charge in [-0.1, -0.05) is 78.6 Å². The minimum absolute atomic E-state index is 0.993. The summed E-state index contributed by atoms with van der Waals surface area (Å²) < 4.78 is 1.48. The van der Waals surface area contributed by atoms with Gasteiger partial charge in [0.15, 0.2) is 0 Å². The highest BCUT2D eigenvalue weighted by atomic mass is 15.4. The maximum absolute atomic E-state index is 2.41. The Morgan fingerprint density at radius 3 is 1.48 bits per heavy atom.